The molecule has 3 nitrogen and oxygen atoms in total. The van der Waals surface area contributed by atoms with Crippen molar-refractivity contribution in [2.45, 2.75) is 17.4 Å². The number of hydrogen-bond acceptors (Lipinski definition) is 4. The third kappa shape index (κ3) is 3.25. The van der Waals surface area contributed by atoms with E-state index in [1.54, 1.807) is 18.8 Å². The molecular formula is C12H17NO2S. The van der Waals surface area contributed by atoms with E-state index in [2.05, 4.69) is 5.32 Å². The molecule has 1 unspecified atom stereocenters. The lowest BCUT2D eigenvalue weighted by Gasteiger charge is -2.25. The number of methoxy groups -OCH3 is 1. The summed E-state index contributed by atoms with van der Waals surface area (Å²) < 4.78 is 4.78. The summed E-state index contributed by atoms with van der Waals surface area (Å²) in [5, 5.41) is 3.00. The number of carbonyl (C=O) groups excluding carboxylic acids is 1. The highest BCUT2D eigenvalue weighted by molar-refractivity contribution is 7.99. The minimum absolute atomic E-state index is 0.238. The Balaban J connectivity index is 2.62. The van der Waals surface area contributed by atoms with Crippen LogP contribution in [-0.2, 0) is 9.53 Å². The van der Waals surface area contributed by atoms with Crippen molar-refractivity contribution in [2.75, 3.05) is 19.9 Å². The second kappa shape index (κ2) is 5.92. The Labute approximate surface area is 101 Å². The Morgan fingerprint density at radius 1 is 1.44 bits per heavy atom. The number of hydrogen-bond donors (Lipinski definition) is 1. The topological polar surface area (TPSA) is 38.3 Å². The van der Waals surface area contributed by atoms with Crippen LogP contribution in [0.1, 0.15) is 6.92 Å². The molecule has 0 amide bonds. The fraction of sp³-hybridized carbons (Fsp3) is 0.417. The standard InChI is InChI=1S/C12H17NO2S/c1-12(13-2,11(14)15-3)9-16-10-7-5-4-6-8-10/h4-8,13H,9H2,1-3H3. The van der Waals surface area contributed by atoms with Crippen molar-refractivity contribution < 1.29 is 9.53 Å². The van der Waals surface area contributed by atoms with Crippen LogP contribution in [0.25, 0.3) is 0 Å². The molecule has 1 aromatic rings. The van der Waals surface area contributed by atoms with Gasteiger partial charge in [-0.15, -0.1) is 11.8 Å². The number of likely N-dealkylation sites (N-methyl/N-ethyl adjacent to an activating group) is 1. The van der Waals surface area contributed by atoms with Crippen molar-refractivity contribution in [1.29, 1.82) is 0 Å². The number of carbonyl (C=O) groups is 1. The van der Waals surface area contributed by atoms with Gasteiger partial charge in [-0.05, 0) is 26.1 Å². The van der Waals surface area contributed by atoms with Gasteiger partial charge in [0, 0.05) is 10.6 Å². The van der Waals surface area contributed by atoms with Crippen molar-refractivity contribution in [2.24, 2.45) is 0 Å². The van der Waals surface area contributed by atoms with Gasteiger partial charge in [-0.25, -0.2) is 0 Å². The molecular weight excluding hydrogens is 222 g/mol. The first kappa shape index (κ1) is 13.1. The van der Waals surface area contributed by atoms with Crippen molar-refractivity contribution in [3.63, 3.8) is 0 Å². The molecule has 0 aliphatic carbocycles. The molecule has 0 heterocycles. The van der Waals surface area contributed by atoms with Gasteiger partial charge in [0.25, 0.3) is 0 Å². The molecule has 0 radical (unpaired) electrons. The normalized spacial score (nSPS) is 14.2. The van der Waals surface area contributed by atoms with E-state index in [0.717, 1.165) is 4.90 Å². The predicted molar refractivity (Wildman–Crippen MR) is 66.6 cm³/mol. The summed E-state index contributed by atoms with van der Waals surface area (Å²) >= 11 is 1.63. The van der Waals surface area contributed by atoms with E-state index in [1.165, 1.54) is 7.11 Å². The maximum absolute atomic E-state index is 11.6. The molecule has 0 bridgehead atoms. The molecule has 0 spiro atoms. The number of ether oxygens (including phenoxy) is 1. The van der Waals surface area contributed by atoms with Crippen molar-refractivity contribution in [3.05, 3.63) is 30.3 Å². The maximum atomic E-state index is 11.6. The van der Waals surface area contributed by atoms with Gasteiger partial charge in [-0.3, -0.25) is 4.79 Å². The molecule has 4 heteroatoms. The highest BCUT2D eigenvalue weighted by Gasteiger charge is 2.32. The fourth-order valence-corrected chi connectivity index (χ4v) is 2.27. The molecule has 1 atom stereocenters. The molecule has 16 heavy (non-hydrogen) atoms. The van der Waals surface area contributed by atoms with Gasteiger partial charge >= 0.3 is 5.97 Å². The number of nitrogens with one attached hydrogen (secondary N) is 1. The Kier molecular flexibility index (Phi) is 4.83. The van der Waals surface area contributed by atoms with E-state index in [1.807, 2.05) is 37.3 Å². The minimum atomic E-state index is -0.644. The quantitative estimate of drug-likeness (QED) is 0.629. The zero-order valence-corrected chi connectivity index (χ0v) is 10.6. The molecule has 1 aromatic carbocycles. The summed E-state index contributed by atoms with van der Waals surface area (Å²) in [6.45, 7) is 1.84. The number of benzene rings is 1. The van der Waals surface area contributed by atoms with Crippen LogP contribution in [0.15, 0.2) is 35.2 Å². The molecule has 0 aliphatic rings. The molecule has 0 saturated carbocycles. The average Bonchev–Trinajstić information content (AvgIpc) is 2.36. The summed E-state index contributed by atoms with van der Waals surface area (Å²) in [5.41, 5.74) is -0.644. The molecule has 0 aromatic heterocycles. The van der Waals surface area contributed by atoms with Crippen molar-refractivity contribution in [3.8, 4) is 0 Å². The second-order valence-corrected chi connectivity index (χ2v) is 4.72. The Morgan fingerprint density at radius 2 is 2.06 bits per heavy atom. The van der Waals surface area contributed by atoms with E-state index in [9.17, 15) is 4.79 Å². The third-order valence-electron chi connectivity index (χ3n) is 2.46. The van der Waals surface area contributed by atoms with Crippen LogP contribution >= 0.6 is 11.8 Å². The molecule has 1 rings (SSSR count). The van der Waals surface area contributed by atoms with Crippen LogP contribution in [0.5, 0.6) is 0 Å². The van der Waals surface area contributed by atoms with Crippen LogP contribution in [0.4, 0.5) is 0 Å². The fourth-order valence-electron chi connectivity index (χ4n) is 1.20. The van der Waals surface area contributed by atoms with Crippen LogP contribution < -0.4 is 5.32 Å². The van der Waals surface area contributed by atoms with Crippen molar-refractivity contribution in [1.82, 2.24) is 5.32 Å². The lowest BCUT2D eigenvalue weighted by Crippen LogP contribution is -2.50. The first-order valence-corrected chi connectivity index (χ1v) is 6.06. The van der Waals surface area contributed by atoms with E-state index in [0.29, 0.717) is 5.75 Å². The average molecular weight is 239 g/mol. The Bertz CT molecular complexity index is 342. The highest BCUT2D eigenvalue weighted by atomic mass is 32.2. The summed E-state index contributed by atoms with van der Waals surface area (Å²) in [6, 6.07) is 9.99. The Hall–Kier alpha value is -1.00. The number of rotatable bonds is 5. The number of thioether (sulfide) groups is 1. The van der Waals surface area contributed by atoms with Gasteiger partial charge in [-0.2, -0.15) is 0 Å². The zero-order chi connectivity index (χ0) is 12.0. The second-order valence-electron chi connectivity index (χ2n) is 3.68. The molecule has 0 aliphatic heterocycles. The van der Waals surface area contributed by atoms with Crippen LogP contribution in [0, 0.1) is 0 Å². The van der Waals surface area contributed by atoms with Crippen LogP contribution in [-0.4, -0.2) is 31.4 Å². The van der Waals surface area contributed by atoms with Crippen molar-refractivity contribution >= 4 is 17.7 Å². The lowest BCUT2D eigenvalue weighted by molar-refractivity contribution is -0.146. The van der Waals surface area contributed by atoms with Gasteiger partial charge in [0.05, 0.1) is 7.11 Å². The van der Waals surface area contributed by atoms with Gasteiger partial charge in [0.2, 0.25) is 0 Å². The first-order chi connectivity index (χ1) is 7.62. The third-order valence-corrected chi connectivity index (χ3v) is 3.79. The monoisotopic (exact) mass is 239 g/mol. The van der Waals surface area contributed by atoms with Gasteiger partial charge < -0.3 is 10.1 Å². The minimum Gasteiger partial charge on any atom is -0.468 e. The smallest absolute Gasteiger partial charge is 0.326 e. The zero-order valence-electron chi connectivity index (χ0n) is 9.82. The Morgan fingerprint density at radius 3 is 2.56 bits per heavy atom. The molecule has 88 valence electrons. The summed E-state index contributed by atoms with van der Waals surface area (Å²) in [6.07, 6.45) is 0. The van der Waals surface area contributed by atoms with E-state index in [-0.39, 0.29) is 5.97 Å². The maximum Gasteiger partial charge on any atom is 0.326 e. The summed E-state index contributed by atoms with van der Waals surface area (Å²) in [5.74, 6) is 0.402. The highest BCUT2D eigenvalue weighted by Crippen LogP contribution is 2.22. The van der Waals surface area contributed by atoms with Crippen LogP contribution in [0.2, 0.25) is 0 Å². The molecule has 1 N–H and O–H groups in total. The molecule has 0 saturated heterocycles. The van der Waals surface area contributed by atoms with Gasteiger partial charge in [0.15, 0.2) is 0 Å². The lowest BCUT2D eigenvalue weighted by atomic mass is 10.1. The van der Waals surface area contributed by atoms with E-state index < -0.39 is 5.54 Å². The number of esters is 1. The van der Waals surface area contributed by atoms with Gasteiger partial charge in [0.1, 0.15) is 5.54 Å². The van der Waals surface area contributed by atoms with E-state index in [4.69, 9.17) is 4.74 Å². The van der Waals surface area contributed by atoms with Crippen LogP contribution in [0.3, 0.4) is 0 Å². The summed E-state index contributed by atoms with van der Waals surface area (Å²) in [7, 11) is 3.17. The SMILES string of the molecule is CNC(C)(CSc1ccccc1)C(=O)OC. The first-order valence-electron chi connectivity index (χ1n) is 5.07. The molecule has 0 fully saturated rings. The largest absolute Gasteiger partial charge is 0.468 e. The van der Waals surface area contributed by atoms with E-state index >= 15 is 0 Å². The van der Waals surface area contributed by atoms with Gasteiger partial charge in [-0.1, -0.05) is 18.2 Å². The predicted octanol–water partition coefficient (Wildman–Crippen LogP) is 1.93. The summed E-state index contributed by atoms with van der Waals surface area (Å²) in [4.78, 5) is 12.7.